The maximum absolute atomic E-state index is 13.9. The third-order valence-electron chi connectivity index (χ3n) is 2.50. The van der Waals surface area contributed by atoms with Gasteiger partial charge in [0.1, 0.15) is 16.0 Å². The molecular formula is C11H11BrFN3O2. The number of methoxy groups -OCH3 is 2. The van der Waals surface area contributed by atoms with Crippen molar-refractivity contribution in [2.24, 2.45) is 0 Å². The Morgan fingerprint density at radius 3 is 2.44 bits per heavy atom. The molecule has 1 aromatic carbocycles. The van der Waals surface area contributed by atoms with Crippen molar-refractivity contribution >= 4 is 21.7 Å². The zero-order valence-electron chi connectivity index (χ0n) is 9.75. The lowest BCUT2D eigenvalue weighted by atomic mass is 10.1. The molecule has 0 aliphatic rings. The highest BCUT2D eigenvalue weighted by Crippen LogP contribution is 2.44. The highest BCUT2D eigenvalue weighted by Gasteiger charge is 2.21. The second-order valence-electron chi connectivity index (χ2n) is 3.48. The molecule has 1 aromatic heterocycles. The molecule has 0 saturated carbocycles. The van der Waals surface area contributed by atoms with E-state index in [1.165, 1.54) is 26.5 Å². The molecule has 96 valence electrons. The van der Waals surface area contributed by atoms with Crippen LogP contribution in [-0.4, -0.2) is 24.4 Å². The van der Waals surface area contributed by atoms with E-state index >= 15 is 0 Å². The average Bonchev–Trinajstić information content (AvgIpc) is 2.75. The van der Waals surface area contributed by atoms with Gasteiger partial charge in [-0.05, 0) is 22.0 Å². The van der Waals surface area contributed by atoms with Crippen LogP contribution in [-0.2, 0) is 0 Å². The van der Waals surface area contributed by atoms with Gasteiger partial charge in [-0.1, -0.05) is 0 Å². The highest BCUT2D eigenvalue weighted by atomic mass is 79.9. The molecule has 0 radical (unpaired) electrons. The number of anilines is 1. The number of rotatable bonds is 3. The SMILES string of the molecule is COc1c(F)cc(-c2cn[nH]c2N)c(OC)c1Br. The predicted molar refractivity (Wildman–Crippen MR) is 69.2 cm³/mol. The lowest BCUT2D eigenvalue weighted by molar-refractivity contribution is 0.370. The summed E-state index contributed by atoms with van der Waals surface area (Å²) in [7, 11) is 2.87. The van der Waals surface area contributed by atoms with Crippen molar-refractivity contribution in [1.82, 2.24) is 10.2 Å². The molecule has 0 aliphatic heterocycles. The van der Waals surface area contributed by atoms with Crippen LogP contribution < -0.4 is 15.2 Å². The summed E-state index contributed by atoms with van der Waals surface area (Å²) in [6.07, 6.45) is 1.51. The zero-order chi connectivity index (χ0) is 13.3. The minimum atomic E-state index is -0.513. The van der Waals surface area contributed by atoms with Gasteiger partial charge in [-0.2, -0.15) is 5.10 Å². The first-order valence-electron chi connectivity index (χ1n) is 4.99. The quantitative estimate of drug-likeness (QED) is 0.913. The van der Waals surface area contributed by atoms with E-state index in [0.29, 0.717) is 27.2 Å². The topological polar surface area (TPSA) is 73.2 Å². The standard InChI is InChI=1S/C11H11BrFN3O2/c1-17-9-5(6-4-15-16-11(6)14)3-7(13)10(18-2)8(9)12/h3-4H,1-2H3,(H3,14,15,16). The normalized spacial score (nSPS) is 10.4. The van der Waals surface area contributed by atoms with E-state index in [9.17, 15) is 4.39 Å². The van der Waals surface area contributed by atoms with Crippen LogP contribution in [0.2, 0.25) is 0 Å². The van der Waals surface area contributed by atoms with Gasteiger partial charge in [0.15, 0.2) is 11.6 Å². The first-order valence-corrected chi connectivity index (χ1v) is 5.78. The van der Waals surface area contributed by atoms with Gasteiger partial charge < -0.3 is 15.2 Å². The van der Waals surface area contributed by atoms with Crippen LogP contribution in [0.4, 0.5) is 10.2 Å². The highest BCUT2D eigenvalue weighted by molar-refractivity contribution is 9.10. The molecule has 0 aliphatic carbocycles. The average molecular weight is 316 g/mol. The van der Waals surface area contributed by atoms with Gasteiger partial charge in [0, 0.05) is 11.1 Å². The first-order chi connectivity index (χ1) is 8.60. The van der Waals surface area contributed by atoms with Crippen molar-refractivity contribution in [1.29, 1.82) is 0 Å². The number of nitrogen functional groups attached to an aromatic ring is 1. The van der Waals surface area contributed by atoms with E-state index in [1.807, 2.05) is 0 Å². The summed E-state index contributed by atoms with van der Waals surface area (Å²) in [4.78, 5) is 0. The molecule has 0 atom stereocenters. The van der Waals surface area contributed by atoms with Gasteiger partial charge in [-0.3, -0.25) is 5.10 Å². The molecule has 0 spiro atoms. The number of halogens is 2. The van der Waals surface area contributed by atoms with Gasteiger partial charge in [-0.25, -0.2) is 4.39 Å². The summed E-state index contributed by atoms with van der Waals surface area (Å²) in [5, 5.41) is 6.39. The minimum Gasteiger partial charge on any atom is -0.495 e. The lowest BCUT2D eigenvalue weighted by Crippen LogP contribution is -1.97. The van der Waals surface area contributed by atoms with Crippen molar-refractivity contribution in [2.45, 2.75) is 0 Å². The summed E-state index contributed by atoms with van der Waals surface area (Å²) < 4.78 is 24.5. The fraction of sp³-hybridized carbons (Fsp3) is 0.182. The van der Waals surface area contributed by atoms with Crippen molar-refractivity contribution in [3.63, 3.8) is 0 Å². The molecule has 7 heteroatoms. The fourth-order valence-electron chi connectivity index (χ4n) is 1.68. The van der Waals surface area contributed by atoms with Crippen LogP contribution in [0.5, 0.6) is 11.5 Å². The molecular weight excluding hydrogens is 305 g/mol. The number of nitrogens with zero attached hydrogens (tertiary/aromatic N) is 1. The minimum absolute atomic E-state index is 0.0812. The van der Waals surface area contributed by atoms with Crippen LogP contribution in [0, 0.1) is 5.82 Å². The maximum atomic E-state index is 13.9. The smallest absolute Gasteiger partial charge is 0.172 e. The number of nitrogens with one attached hydrogen (secondary N) is 1. The second-order valence-corrected chi connectivity index (χ2v) is 4.28. The lowest BCUT2D eigenvalue weighted by Gasteiger charge is -2.13. The first kappa shape index (κ1) is 12.7. The Bertz CT molecular complexity index is 586. The molecule has 3 N–H and O–H groups in total. The van der Waals surface area contributed by atoms with E-state index in [1.54, 1.807) is 0 Å². The van der Waals surface area contributed by atoms with E-state index < -0.39 is 5.82 Å². The Morgan fingerprint density at radius 1 is 1.28 bits per heavy atom. The van der Waals surface area contributed by atoms with E-state index in [-0.39, 0.29) is 5.75 Å². The van der Waals surface area contributed by atoms with E-state index in [4.69, 9.17) is 15.2 Å². The predicted octanol–water partition coefficient (Wildman–Crippen LogP) is 2.58. The summed E-state index contributed by atoms with van der Waals surface area (Å²) in [5.74, 6) is 0.338. The van der Waals surface area contributed by atoms with Gasteiger partial charge in [-0.15, -0.1) is 0 Å². The Kier molecular flexibility index (Phi) is 3.42. The zero-order valence-corrected chi connectivity index (χ0v) is 11.3. The third kappa shape index (κ3) is 1.90. The monoisotopic (exact) mass is 315 g/mol. The van der Waals surface area contributed by atoms with Crippen molar-refractivity contribution < 1.29 is 13.9 Å². The van der Waals surface area contributed by atoms with Gasteiger partial charge in [0.05, 0.1) is 20.4 Å². The maximum Gasteiger partial charge on any atom is 0.172 e. The number of benzene rings is 1. The number of aromatic amines is 1. The molecule has 0 bridgehead atoms. The van der Waals surface area contributed by atoms with Crippen LogP contribution in [0.3, 0.4) is 0 Å². The molecule has 1 heterocycles. The molecule has 18 heavy (non-hydrogen) atoms. The van der Waals surface area contributed by atoms with Gasteiger partial charge in [0.2, 0.25) is 0 Å². The Hall–Kier alpha value is -1.76. The third-order valence-corrected chi connectivity index (χ3v) is 3.22. The Labute approximate surface area is 111 Å². The largest absolute Gasteiger partial charge is 0.495 e. The second kappa shape index (κ2) is 4.85. The van der Waals surface area contributed by atoms with Crippen LogP contribution in [0.1, 0.15) is 0 Å². The molecule has 2 aromatic rings. The van der Waals surface area contributed by atoms with E-state index in [0.717, 1.165) is 0 Å². The van der Waals surface area contributed by atoms with Crippen LogP contribution in [0.25, 0.3) is 11.1 Å². The summed E-state index contributed by atoms with van der Waals surface area (Å²) in [6, 6.07) is 1.30. The number of aromatic nitrogens is 2. The summed E-state index contributed by atoms with van der Waals surface area (Å²) in [5.41, 5.74) is 6.78. The number of hydrogen-bond donors (Lipinski definition) is 2. The van der Waals surface area contributed by atoms with Crippen molar-refractivity contribution in [2.75, 3.05) is 20.0 Å². The number of H-pyrrole nitrogens is 1. The number of ether oxygens (including phenoxy) is 2. The van der Waals surface area contributed by atoms with Crippen LogP contribution in [0.15, 0.2) is 16.7 Å². The fourth-order valence-corrected chi connectivity index (χ4v) is 2.41. The van der Waals surface area contributed by atoms with Crippen molar-refractivity contribution in [3.05, 3.63) is 22.6 Å². The van der Waals surface area contributed by atoms with Gasteiger partial charge >= 0.3 is 0 Å². The van der Waals surface area contributed by atoms with Gasteiger partial charge in [0.25, 0.3) is 0 Å². The van der Waals surface area contributed by atoms with Crippen LogP contribution >= 0.6 is 15.9 Å². The Morgan fingerprint density at radius 2 is 1.94 bits per heavy atom. The molecule has 0 unspecified atom stereocenters. The molecule has 2 rings (SSSR count). The number of nitrogens with two attached hydrogens (primary N) is 1. The molecule has 0 amide bonds. The molecule has 0 saturated heterocycles. The summed E-state index contributed by atoms with van der Waals surface area (Å²) in [6.45, 7) is 0. The summed E-state index contributed by atoms with van der Waals surface area (Å²) >= 11 is 3.25. The van der Waals surface area contributed by atoms with E-state index in [2.05, 4.69) is 26.1 Å². The Balaban J connectivity index is 2.72. The molecule has 5 nitrogen and oxygen atoms in total. The van der Waals surface area contributed by atoms with Crippen molar-refractivity contribution in [3.8, 4) is 22.6 Å². The number of hydrogen-bond acceptors (Lipinski definition) is 4. The molecule has 0 fully saturated rings.